The number of nitrogens with zero attached hydrogens (tertiary/aromatic N) is 2. The van der Waals surface area contributed by atoms with Crippen LogP contribution in [0.5, 0.6) is 0 Å². The maximum atomic E-state index is 11.7. The standard InChI is InChI=1S/C17H23N3O/c1-13(2)11-14-5-7-15(8-6-14)16(18-3)12-20-10-4-9-19-17(20)21/h4-10,13,16,18H,11-12H2,1-3H3. The fourth-order valence-corrected chi connectivity index (χ4v) is 2.44. The van der Waals surface area contributed by atoms with Gasteiger partial charge in [-0.1, -0.05) is 38.1 Å². The van der Waals surface area contributed by atoms with E-state index in [0.29, 0.717) is 12.5 Å². The van der Waals surface area contributed by atoms with Gasteiger partial charge in [-0.15, -0.1) is 0 Å². The number of hydrogen-bond donors (Lipinski definition) is 1. The smallest absolute Gasteiger partial charge is 0.312 e. The fraction of sp³-hybridized carbons (Fsp3) is 0.412. The summed E-state index contributed by atoms with van der Waals surface area (Å²) in [5.41, 5.74) is 2.32. The second-order valence-electron chi connectivity index (χ2n) is 5.74. The van der Waals surface area contributed by atoms with Gasteiger partial charge in [0.25, 0.3) is 0 Å². The summed E-state index contributed by atoms with van der Waals surface area (Å²) in [6, 6.07) is 10.5. The average molecular weight is 285 g/mol. The number of likely N-dealkylation sites (N-methyl/N-ethyl adjacent to an activating group) is 1. The minimum atomic E-state index is -0.214. The van der Waals surface area contributed by atoms with Gasteiger partial charge in [0.05, 0.1) is 6.04 Å². The zero-order valence-corrected chi connectivity index (χ0v) is 12.9. The van der Waals surface area contributed by atoms with E-state index < -0.39 is 0 Å². The van der Waals surface area contributed by atoms with E-state index >= 15 is 0 Å². The van der Waals surface area contributed by atoms with E-state index in [0.717, 1.165) is 6.42 Å². The molecule has 1 aromatic heterocycles. The largest absolute Gasteiger partial charge is 0.347 e. The van der Waals surface area contributed by atoms with Crippen LogP contribution in [0.15, 0.2) is 47.5 Å². The van der Waals surface area contributed by atoms with E-state index in [4.69, 9.17) is 0 Å². The first-order valence-corrected chi connectivity index (χ1v) is 7.37. The van der Waals surface area contributed by atoms with Crippen molar-refractivity contribution in [2.45, 2.75) is 32.9 Å². The molecule has 0 amide bonds. The molecule has 0 aliphatic rings. The monoisotopic (exact) mass is 285 g/mol. The predicted molar refractivity (Wildman–Crippen MR) is 85.3 cm³/mol. The lowest BCUT2D eigenvalue weighted by molar-refractivity contribution is 0.484. The Bertz CT molecular complexity index is 616. The molecule has 0 bridgehead atoms. The van der Waals surface area contributed by atoms with Crippen molar-refractivity contribution in [1.82, 2.24) is 14.9 Å². The van der Waals surface area contributed by atoms with Gasteiger partial charge >= 0.3 is 5.69 Å². The quantitative estimate of drug-likeness (QED) is 0.886. The van der Waals surface area contributed by atoms with Crippen LogP contribution >= 0.6 is 0 Å². The van der Waals surface area contributed by atoms with Crippen molar-refractivity contribution in [3.63, 3.8) is 0 Å². The Hall–Kier alpha value is -1.94. The third-order valence-electron chi connectivity index (χ3n) is 3.54. The van der Waals surface area contributed by atoms with E-state index in [2.05, 4.69) is 48.4 Å². The van der Waals surface area contributed by atoms with Gasteiger partial charge in [-0.25, -0.2) is 9.78 Å². The molecule has 112 valence electrons. The van der Waals surface area contributed by atoms with E-state index in [1.54, 1.807) is 16.8 Å². The van der Waals surface area contributed by atoms with Crippen molar-refractivity contribution in [2.24, 2.45) is 5.92 Å². The highest BCUT2D eigenvalue weighted by Crippen LogP contribution is 2.16. The molecule has 0 aliphatic carbocycles. The van der Waals surface area contributed by atoms with Gasteiger partial charge < -0.3 is 5.32 Å². The van der Waals surface area contributed by atoms with Gasteiger partial charge in [0.1, 0.15) is 0 Å². The zero-order valence-electron chi connectivity index (χ0n) is 12.9. The molecule has 2 rings (SSSR count). The van der Waals surface area contributed by atoms with Crippen molar-refractivity contribution < 1.29 is 0 Å². The first kappa shape index (κ1) is 15.4. The summed E-state index contributed by atoms with van der Waals surface area (Å²) in [4.78, 5) is 15.5. The maximum absolute atomic E-state index is 11.7. The highest BCUT2D eigenvalue weighted by Gasteiger charge is 2.11. The number of aromatic nitrogens is 2. The second kappa shape index (κ2) is 7.18. The van der Waals surface area contributed by atoms with Gasteiger partial charge in [-0.2, -0.15) is 0 Å². The topological polar surface area (TPSA) is 46.9 Å². The Balaban J connectivity index is 2.14. The Morgan fingerprint density at radius 1 is 1.24 bits per heavy atom. The van der Waals surface area contributed by atoms with Gasteiger partial charge in [-0.3, -0.25) is 4.57 Å². The zero-order chi connectivity index (χ0) is 15.2. The SMILES string of the molecule is CNC(Cn1cccnc1=O)c1ccc(CC(C)C)cc1. The summed E-state index contributed by atoms with van der Waals surface area (Å²) >= 11 is 0. The van der Waals surface area contributed by atoms with Gasteiger partial charge in [0, 0.05) is 18.9 Å². The molecule has 0 radical (unpaired) electrons. The number of nitrogens with one attached hydrogen (secondary N) is 1. The molecule has 4 heteroatoms. The Labute approximate surface area is 125 Å². The summed E-state index contributed by atoms with van der Waals surface area (Å²) < 4.78 is 1.63. The average Bonchev–Trinajstić information content (AvgIpc) is 2.47. The second-order valence-corrected chi connectivity index (χ2v) is 5.74. The highest BCUT2D eigenvalue weighted by molar-refractivity contribution is 5.25. The lowest BCUT2D eigenvalue weighted by Gasteiger charge is -2.18. The minimum Gasteiger partial charge on any atom is -0.312 e. The van der Waals surface area contributed by atoms with Crippen LogP contribution in [0.25, 0.3) is 0 Å². The van der Waals surface area contributed by atoms with Crippen molar-refractivity contribution >= 4 is 0 Å². The third kappa shape index (κ3) is 4.26. The van der Waals surface area contributed by atoms with Crippen LogP contribution < -0.4 is 11.0 Å². The highest BCUT2D eigenvalue weighted by atomic mass is 16.1. The van der Waals surface area contributed by atoms with Crippen LogP contribution in [-0.2, 0) is 13.0 Å². The van der Waals surface area contributed by atoms with Gasteiger partial charge in [0.15, 0.2) is 0 Å². The molecule has 1 aromatic carbocycles. The Morgan fingerprint density at radius 2 is 1.95 bits per heavy atom. The van der Waals surface area contributed by atoms with Crippen LogP contribution in [0.2, 0.25) is 0 Å². The van der Waals surface area contributed by atoms with E-state index in [-0.39, 0.29) is 11.7 Å². The lowest BCUT2D eigenvalue weighted by Crippen LogP contribution is -2.29. The first-order valence-electron chi connectivity index (χ1n) is 7.37. The fourth-order valence-electron chi connectivity index (χ4n) is 2.44. The van der Waals surface area contributed by atoms with Crippen molar-refractivity contribution in [2.75, 3.05) is 7.05 Å². The molecule has 1 unspecified atom stereocenters. The number of rotatable bonds is 6. The van der Waals surface area contributed by atoms with E-state index in [1.165, 1.54) is 17.3 Å². The van der Waals surface area contributed by atoms with E-state index in [9.17, 15) is 4.79 Å². The maximum Gasteiger partial charge on any atom is 0.347 e. The summed E-state index contributed by atoms with van der Waals surface area (Å²) in [5, 5.41) is 3.27. The summed E-state index contributed by atoms with van der Waals surface area (Å²) in [5.74, 6) is 0.657. The van der Waals surface area contributed by atoms with Crippen molar-refractivity contribution in [1.29, 1.82) is 0 Å². The molecule has 4 nitrogen and oxygen atoms in total. The molecule has 0 spiro atoms. The molecule has 1 N–H and O–H groups in total. The Morgan fingerprint density at radius 3 is 2.52 bits per heavy atom. The van der Waals surface area contributed by atoms with Crippen LogP contribution in [0, 0.1) is 5.92 Å². The first-order chi connectivity index (χ1) is 10.1. The number of benzene rings is 1. The molecule has 0 saturated carbocycles. The molecule has 21 heavy (non-hydrogen) atoms. The molecule has 1 heterocycles. The van der Waals surface area contributed by atoms with Crippen molar-refractivity contribution in [3.8, 4) is 0 Å². The normalized spacial score (nSPS) is 12.6. The van der Waals surface area contributed by atoms with Crippen LogP contribution in [-0.4, -0.2) is 16.6 Å². The molecule has 0 fully saturated rings. The Kier molecular flexibility index (Phi) is 5.28. The molecular formula is C17H23N3O. The minimum absolute atomic E-state index is 0.0972. The van der Waals surface area contributed by atoms with Crippen molar-refractivity contribution in [3.05, 3.63) is 64.3 Å². The summed E-state index contributed by atoms with van der Waals surface area (Å²) in [7, 11) is 1.91. The van der Waals surface area contributed by atoms with Crippen LogP contribution in [0.4, 0.5) is 0 Å². The predicted octanol–water partition coefficient (Wildman–Crippen LogP) is 2.40. The summed E-state index contributed by atoms with van der Waals surface area (Å²) in [6.45, 7) is 5.02. The van der Waals surface area contributed by atoms with Gasteiger partial charge in [-0.05, 0) is 36.6 Å². The van der Waals surface area contributed by atoms with Crippen LogP contribution in [0.1, 0.15) is 31.0 Å². The molecule has 0 saturated heterocycles. The summed E-state index contributed by atoms with van der Waals surface area (Å²) in [6.07, 6.45) is 4.38. The number of hydrogen-bond acceptors (Lipinski definition) is 3. The van der Waals surface area contributed by atoms with Gasteiger partial charge in [0.2, 0.25) is 0 Å². The molecule has 0 aliphatic heterocycles. The molecule has 1 atom stereocenters. The molecule has 2 aromatic rings. The van der Waals surface area contributed by atoms with E-state index in [1.807, 2.05) is 7.05 Å². The lowest BCUT2D eigenvalue weighted by atomic mass is 9.99. The molecular weight excluding hydrogens is 262 g/mol. The third-order valence-corrected chi connectivity index (χ3v) is 3.54. The van der Waals surface area contributed by atoms with Crippen LogP contribution in [0.3, 0.4) is 0 Å².